The zero-order valence-corrected chi connectivity index (χ0v) is 23.8. The van der Waals surface area contributed by atoms with Crippen molar-refractivity contribution in [2.45, 2.75) is 26.2 Å². The number of benzene rings is 4. The second-order valence-electron chi connectivity index (χ2n) is 10.0. The number of phenols is 1. The zero-order chi connectivity index (χ0) is 24.9. The van der Waals surface area contributed by atoms with E-state index in [1.807, 2.05) is 24.4 Å². The molecule has 0 amide bonds. The third-order valence-corrected chi connectivity index (χ3v) is 7.57. The van der Waals surface area contributed by atoms with Crippen LogP contribution in [0.3, 0.4) is 0 Å². The van der Waals surface area contributed by atoms with Crippen molar-refractivity contribution in [3.05, 3.63) is 103 Å². The van der Waals surface area contributed by atoms with Crippen LogP contribution in [0.5, 0.6) is 5.75 Å². The quantitative estimate of drug-likeness (QED) is 0.191. The molecule has 0 radical (unpaired) electrons. The third kappa shape index (κ3) is 4.72. The van der Waals surface area contributed by atoms with Crippen LogP contribution in [-0.4, -0.2) is 15.1 Å². The molecule has 0 spiro atoms. The van der Waals surface area contributed by atoms with Gasteiger partial charge in [-0.25, -0.2) is 4.98 Å². The molecule has 0 atom stereocenters. The number of rotatable bonds is 3. The topological polar surface area (TPSA) is 46.0 Å². The number of hydrogen-bond donors (Lipinski definition) is 1. The van der Waals surface area contributed by atoms with Crippen molar-refractivity contribution >= 4 is 32.3 Å². The Kier molecular flexibility index (Phi) is 6.74. The summed E-state index contributed by atoms with van der Waals surface area (Å²) in [6, 6.07) is 32.1. The third-order valence-electron chi connectivity index (χ3n) is 6.52. The normalized spacial score (nSPS) is 11.5. The Hall–Kier alpha value is -3.33. The molecular weight excluding hydrogens is 656 g/mol. The summed E-state index contributed by atoms with van der Waals surface area (Å²) < 4.78 is 1.07. The van der Waals surface area contributed by atoms with E-state index in [2.05, 4.69) is 87.5 Å². The van der Waals surface area contributed by atoms with Gasteiger partial charge < -0.3 is 5.11 Å². The molecule has 0 aliphatic heterocycles. The Morgan fingerprint density at radius 2 is 1.59 bits per heavy atom. The van der Waals surface area contributed by atoms with E-state index in [0.29, 0.717) is 0 Å². The van der Waals surface area contributed by atoms with E-state index in [1.165, 1.54) is 5.56 Å². The van der Waals surface area contributed by atoms with Crippen LogP contribution < -0.4 is 0 Å². The second-order valence-corrected chi connectivity index (χ2v) is 11.0. The van der Waals surface area contributed by atoms with Crippen LogP contribution in [-0.2, 0) is 26.5 Å². The molecule has 0 aliphatic carbocycles. The number of aromatic nitrogens is 2. The van der Waals surface area contributed by atoms with Crippen LogP contribution in [0, 0.1) is 6.07 Å². The maximum absolute atomic E-state index is 10.4. The first kappa shape index (κ1) is 25.3. The Morgan fingerprint density at radius 1 is 0.838 bits per heavy atom. The molecule has 1 N–H and O–H groups in total. The second kappa shape index (κ2) is 9.85. The number of para-hydroxylation sites is 2. The van der Waals surface area contributed by atoms with E-state index >= 15 is 0 Å². The van der Waals surface area contributed by atoms with Gasteiger partial charge in [0.05, 0.1) is 11.1 Å². The minimum absolute atomic E-state index is 0. The summed E-state index contributed by atoms with van der Waals surface area (Å²) >= 11 is 1.58. The number of nitrogens with zero attached hydrogens (tertiary/aromatic N) is 2. The summed E-state index contributed by atoms with van der Waals surface area (Å²) in [4.78, 5) is 9.72. The largest absolute Gasteiger partial charge is 0.507 e. The fourth-order valence-corrected chi connectivity index (χ4v) is 5.59. The molecule has 4 aromatic carbocycles. The van der Waals surface area contributed by atoms with Gasteiger partial charge in [-0.3, -0.25) is 4.98 Å². The first-order chi connectivity index (χ1) is 17.4. The van der Waals surface area contributed by atoms with Crippen molar-refractivity contribution in [2.24, 2.45) is 0 Å². The molecule has 0 bridgehead atoms. The standard InChI is InChI=1S/C32H25N2OS.Pt/c1-32(2,3)22-15-16-33-27(19-22)26-18-21(17-20-9-4-5-10-23(20)26)24-12-8-14-29-30(24)34-31(36-29)25-11-6-7-13-28(25)35;/h4-17,19,35H,1-3H3;/q-1;. The molecule has 186 valence electrons. The van der Waals surface area contributed by atoms with Gasteiger partial charge in [-0.1, -0.05) is 97.3 Å². The van der Waals surface area contributed by atoms with E-state index in [1.54, 1.807) is 17.4 Å². The summed E-state index contributed by atoms with van der Waals surface area (Å²) in [6.07, 6.45) is 1.89. The number of pyridine rings is 1. The first-order valence-corrected chi connectivity index (χ1v) is 12.8. The van der Waals surface area contributed by atoms with Crippen molar-refractivity contribution in [1.29, 1.82) is 0 Å². The van der Waals surface area contributed by atoms with E-state index in [-0.39, 0.29) is 32.2 Å². The molecule has 0 aliphatic rings. The van der Waals surface area contributed by atoms with Gasteiger partial charge in [0.1, 0.15) is 10.8 Å². The minimum Gasteiger partial charge on any atom is -0.507 e. The number of thiazole rings is 1. The van der Waals surface area contributed by atoms with Gasteiger partial charge in [-0.15, -0.1) is 29.0 Å². The monoisotopic (exact) mass is 680 g/mol. The van der Waals surface area contributed by atoms with Crippen LogP contribution in [0.25, 0.3) is 53.9 Å². The van der Waals surface area contributed by atoms with E-state index in [4.69, 9.17) is 9.97 Å². The number of aromatic hydroxyl groups is 1. The Bertz CT molecular complexity index is 1750. The van der Waals surface area contributed by atoms with Crippen LogP contribution in [0.4, 0.5) is 0 Å². The number of fused-ring (bicyclic) bond motifs is 2. The molecule has 5 heteroatoms. The van der Waals surface area contributed by atoms with E-state index < -0.39 is 0 Å². The van der Waals surface area contributed by atoms with E-state index in [9.17, 15) is 5.11 Å². The van der Waals surface area contributed by atoms with Crippen LogP contribution >= 0.6 is 11.3 Å². The predicted octanol–water partition coefficient (Wildman–Crippen LogP) is 8.65. The van der Waals surface area contributed by atoms with Gasteiger partial charge in [-0.2, -0.15) is 0 Å². The molecule has 0 unspecified atom stereocenters. The molecule has 6 aromatic rings. The van der Waals surface area contributed by atoms with Crippen molar-refractivity contribution in [3.63, 3.8) is 0 Å². The summed E-state index contributed by atoms with van der Waals surface area (Å²) in [5.74, 6) is 0.238. The molecule has 0 saturated carbocycles. The summed E-state index contributed by atoms with van der Waals surface area (Å²) in [7, 11) is 0. The number of phenolic OH excluding ortho intramolecular Hbond substituents is 1. The predicted molar refractivity (Wildman–Crippen MR) is 150 cm³/mol. The van der Waals surface area contributed by atoms with Gasteiger partial charge in [0.25, 0.3) is 0 Å². The van der Waals surface area contributed by atoms with Crippen LogP contribution in [0.15, 0.2) is 91.1 Å². The van der Waals surface area contributed by atoms with Gasteiger partial charge in [0.2, 0.25) is 0 Å². The minimum atomic E-state index is 0. The Labute approximate surface area is 235 Å². The Balaban J connectivity index is 0.00000280. The molecule has 3 nitrogen and oxygen atoms in total. The van der Waals surface area contributed by atoms with Gasteiger partial charge in [0.15, 0.2) is 0 Å². The molecule has 37 heavy (non-hydrogen) atoms. The summed E-state index contributed by atoms with van der Waals surface area (Å²) in [6.45, 7) is 6.65. The molecule has 0 saturated heterocycles. The molecule has 0 fully saturated rings. The maximum Gasteiger partial charge on any atom is 0.127 e. The van der Waals surface area contributed by atoms with Crippen molar-refractivity contribution < 1.29 is 26.2 Å². The van der Waals surface area contributed by atoms with Gasteiger partial charge in [-0.05, 0) is 35.2 Å². The van der Waals surface area contributed by atoms with Crippen molar-refractivity contribution in [2.75, 3.05) is 0 Å². The first-order valence-electron chi connectivity index (χ1n) is 12.0. The molecule has 2 heterocycles. The SMILES string of the molecule is CC(C)(C)c1ccnc(-c2[c-]c(-c3cccc4sc(-c5ccccc5O)nc34)cc3ccccc23)c1.[Pt]. The molecule has 6 rings (SSSR count). The zero-order valence-electron chi connectivity index (χ0n) is 20.7. The Morgan fingerprint density at radius 3 is 2.41 bits per heavy atom. The fourth-order valence-electron chi connectivity index (χ4n) is 4.56. The maximum atomic E-state index is 10.4. The fraction of sp³-hybridized carbons (Fsp3) is 0.125. The average Bonchev–Trinajstić information content (AvgIpc) is 3.32. The van der Waals surface area contributed by atoms with Gasteiger partial charge >= 0.3 is 0 Å². The average molecular weight is 681 g/mol. The van der Waals surface area contributed by atoms with Crippen LogP contribution in [0.2, 0.25) is 0 Å². The van der Waals surface area contributed by atoms with E-state index in [0.717, 1.165) is 53.9 Å². The summed E-state index contributed by atoms with van der Waals surface area (Å²) in [5, 5.41) is 13.5. The van der Waals surface area contributed by atoms with Gasteiger partial charge in [0, 0.05) is 37.7 Å². The summed E-state index contributed by atoms with van der Waals surface area (Å²) in [5.41, 5.74) is 6.82. The van der Waals surface area contributed by atoms with Crippen molar-refractivity contribution in [1.82, 2.24) is 9.97 Å². The molecule has 2 aromatic heterocycles. The molecular formula is C32H25N2OPtS-. The smallest absolute Gasteiger partial charge is 0.127 e. The van der Waals surface area contributed by atoms with Crippen molar-refractivity contribution in [3.8, 4) is 38.7 Å². The van der Waals surface area contributed by atoms with Crippen LogP contribution in [0.1, 0.15) is 26.3 Å². The number of hydrogen-bond acceptors (Lipinski definition) is 4.